The molecule has 15 heavy (non-hydrogen) atoms. The number of aryl methyl sites for hydroxylation is 1. The molecule has 1 fully saturated rings. The molecule has 0 radical (unpaired) electrons. The number of nitrogens with zero attached hydrogens (tertiary/aromatic N) is 2. The van der Waals surface area contributed by atoms with Crippen LogP contribution in [0.3, 0.4) is 0 Å². The molecule has 1 aromatic rings. The van der Waals surface area contributed by atoms with Gasteiger partial charge in [0.05, 0.1) is 5.69 Å². The van der Waals surface area contributed by atoms with Gasteiger partial charge in [0.25, 0.3) is 0 Å². The standard InChI is InChI=1S/C12H19N3/c1-8-9(2)14-7-15-12(8)10-5-3-4-6-11(10)13/h7,10-11H,3-6,13H2,1-2H3. The highest BCUT2D eigenvalue weighted by Gasteiger charge is 2.26. The summed E-state index contributed by atoms with van der Waals surface area (Å²) in [4.78, 5) is 8.63. The third kappa shape index (κ3) is 2.02. The fourth-order valence-electron chi connectivity index (χ4n) is 2.43. The molecule has 0 aromatic carbocycles. The zero-order valence-electron chi connectivity index (χ0n) is 9.53. The van der Waals surface area contributed by atoms with Crippen LogP contribution in [0.4, 0.5) is 0 Å². The summed E-state index contributed by atoms with van der Waals surface area (Å²) in [5, 5.41) is 0. The van der Waals surface area contributed by atoms with Gasteiger partial charge >= 0.3 is 0 Å². The van der Waals surface area contributed by atoms with Gasteiger partial charge in [0.1, 0.15) is 6.33 Å². The van der Waals surface area contributed by atoms with Crippen LogP contribution in [0.15, 0.2) is 6.33 Å². The van der Waals surface area contributed by atoms with Gasteiger partial charge in [-0.15, -0.1) is 0 Å². The maximum atomic E-state index is 6.17. The Kier molecular flexibility index (Phi) is 3.00. The van der Waals surface area contributed by atoms with Crippen molar-refractivity contribution in [2.24, 2.45) is 5.73 Å². The van der Waals surface area contributed by atoms with Gasteiger partial charge in [-0.25, -0.2) is 9.97 Å². The molecule has 2 N–H and O–H groups in total. The summed E-state index contributed by atoms with van der Waals surface area (Å²) in [5.41, 5.74) is 9.65. The number of hydrogen-bond acceptors (Lipinski definition) is 3. The fourth-order valence-corrected chi connectivity index (χ4v) is 2.43. The Bertz CT molecular complexity index is 349. The molecule has 2 atom stereocenters. The van der Waals surface area contributed by atoms with E-state index in [1.54, 1.807) is 6.33 Å². The first kappa shape index (κ1) is 10.6. The fraction of sp³-hybridized carbons (Fsp3) is 0.667. The van der Waals surface area contributed by atoms with Crippen molar-refractivity contribution < 1.29 is 0 Å². The number of rotatable bonds is 1. The van der Waals surface area contributed by atoms with Crippen LogP contribution in [-0.4, -0.2) is 16.0 Å². The average molecular weight is 205 g/mol. The van der Waals surface area contributed by atoms with Crippen molar-refractivity contribution in [1.29, 1.82) is 0 Å². The van der Waals surface area contributed by atoms with E-state index < -0.39 is 0 Å². The van der Waals surface area contributed by atoms with Gasteiger partial charge in [-0.1, -0.05) is 12.8 Å². The molecular formula is C12H19N3. The molecule has 2 rings (SSSR count). The molecule has 0 spiro atoms. The van der Waals surface area contributed by atoms with Gasteiger partial charge in [-0.2, -0.15) is 0 Å². The lowest BCUT2D eigenvalue weighted by Crippen LogP contribution is -2.32. The first-order chi connectivity index (χ1) is 7.20. The summed E-state index contributed by atoms with van der Waals surface area (Å²) in [6, 6.07) is 0.284. The number of nitrogens with two attached hydrogens (primary N) is 1. The number of hydrogen-bond donors (Lipinski definition) is 1. The predicted molar refractivity (Wildman–Crippen MR) is 60.7 cm³/mol. The van der Waals surface area contributed by atoms with E-state index in [1.165, 1.54) is 30.5 Å². The highest BCUT2D eigenvalue weighted by molar-refractivity contribution is 5.26. The van der Waals surface area contributed by atoms with Crippen LogP contribution in [0.1, 0.15) is 48.6 Å². The second-order valence-electron chi connectivity index (χ2n) is 4.52. The second kappa shape index (κ2) is 4.27. The van der Waals surface area contributed by atoms with Crippen LogP contribution in [-0.2, 0) is 0 Å². The topological polar surface area (TPSA) is 51.8 Å². The summed E-state index contributed by atoms with van der Waals surface area (Å²) in [6.07, 6.45) is 6.52. The van der Waals surface area contributed by atoms with Crippen LogP contribution in [0, 0.1) is 13.8 Å². The molecule has 3 nitrogen and oxygen atoms in total. The lowest BCUT2D eigenvalue weighted by molar-refractivity contribution is 0.378. The zero-order valence-corrected chi connectivity index (χ0v) is 9.53. The Labute approximate surface area is 91.1 Å². The zero-order chi connectivity index (χ0) is 10.8. The molecule has 1 heterocycles. The lowest BCUT2D eigenvalue weighted by atomic mass is 9.81. The SMILES string of the molecule is Cc1ncnc(C2CCCCC2N)c1C. The van der Waals surface area contributed by atoms with E-state index in [-0.39, 0.29) is 6.04 Å². The quantitative estimate of drug-likeness (QED) is 0.763. The Morgan fingerprint density at radius 1 is 1.20 bits per heavy atom. The average Bonchev–Trinajstić information content (AvgIpc) is 2.23. The minimum Gasteiger partial charge on any atom is -0.327 e. The van der Waals surface area contributed by atoms with Gasteiger partial charge in [0.15, 0.2) is 0 Å². The summed E-state index contributed by atoms with van der Waals surface area (Å²) in [7, 11) is 0. The van der Waals surface area contributed by atoms with Crippen molar-refractivity contribution in [3.63, 3.8) is 0 Å². The molecule has 0 bridgehead atoms. The van der Waals surface area contributed by atoms with Crippen LogP contribution < -0.4 is 5.73 Å². The van der Waals surface area contributed by atoms with Gasteiger partial charge in [0, 0.05) is 17.7 Å². The first-order valence-electron chi connectivity index (χ1n) is 5.74. The number of aromatic nitrogens is 2. The Balaban J connectivity index is 2.31. The highest BCUT2D eigenvalue weighted by Crippen LogP contribution is 2.32. The normalized spacial score (nSPS) is 26.6. The van der Waals surface area contributed by atoms with Gasteiger partial charge in [-0.05, 0) is 32.3 Å². The van der Waals surface area contributed by atoms with Crippen molar-refractivity contribution in [2.75, 3.05) is 0 Å². The first-order valence-corrected chi connectivity index (χ1v) is 5.74. The maximum Gasteiger partial charge on any atom is 0.115 e. The Morgan fingerprint density at radius 2 is 1.93 bits per heavy atom. The van der Waals surface area contributed by atoms with Crippen molar-refractivity contribution in [3.8, 4) is 0 Å². The van der Waals surface area contributed by atoms with E-state index in [4.69, 9.17) is 5.73 Å². The van der Waals surface area contributed by atoms with Crippen LogP contribution in [0.25, 0.3) is 0 Å². The minimum atomic E-state index is 0.284. The predicted octanol–water partition coefficient (Wildman–Crippen LogP) is 2.08. The highest BCUT2D eigenvalue weighted by atomic mass is 14.9. The third-order valence-electron chi connectivity index (χ3n) is 3.55. The van der Waals surface area contributed by atoms with E-state index in [1.807, 2.05) is 6.92 Å². The maximum absolute atomic E-state index is 6.17. The van der Waals surface area contributed by atoms with Crippen LogP contribution in [0.5, 0.6) is 0 Å². The van der Waals surface area contributed by atoms with E-state index in [2.05, 4.69) is 16.9 Å². The van der Waals surface area contributed by atoms with Crippen molar-refractivity contribution >= 4 is 0 Å². The van der Waals surface area contributed by atoms with Crippen LogP contribution >= 0.6 is 0 Å². The molecule has 1 aliphatic carbocycles. The molecule has 0 saturated heterocycles. The molecule has 2 unspecified atom stereocenters. The lowest BCUT2D eigenvalue weighted by Gasteiger charge is -2.29. The van der Waals surface area contributed by atoms with E-state index in [0.29, 0.717) is 5.92 Å². The largest absolute Gasteiger partial charge is 0.327 e. The minimum absolute atomic E-state index is 0.284. The van der Waals surface area contributed by atoms with E-state index >= 15 is 0 Å². The van der Waals surface area contributed by atoms with Gasteiger partial charge in [0.2, 0.25) is 0 Å². The molecule has 1 saturated carbocycles. The molecule has 1 aromatic heterocycles. The third-order valence-corrected chi connectivity index (χ3v) is 3.55. The molecule has 0 aliphatic heterocycles. The van der Waals surface area contributed by atoms with Crippen LogP contribution in [0.2, 0.25) is 0 Å². The van der Waals surface area contributed by atoms with Gasteiger partial charge < -0.3 is 5.73 Å². The molecule has 0 amide bonds. The van der Waals surface area contributed by atoms with Crippen molar-refractivity contribution in [3.05, 3.63) is 23.3 Å². The summed E-state index contributed by atoms with van der Waals surface area (Å²) >= 11 is 0. The summed E-state index contributed by atoms with van der Waals surface area (Å²) in [5.74, 6) is 0.445. The smallest absolute Gasteiger partial charge is 0.115 e. The summed E-state index contributed by atoms with van der Waals surface area (Å²) in [6.45, 7) is 4.14. The Hall–Kier alpha value is -0.960. The van der Waals surface area contributed by atoms with Gasteiger partial charge in [-0.3, -0.25) is 0 Å². The summed E-state index contributed by atoms with van der Waals surface area (Å²) < 4.78 is 0. The van der Waals surface area contributed by atoms with Crippen molar-refractivity contribution in [2.45, 2.75) is 51.5 Å². The second-order valence-corrected chi connectivity index (χ2v) is 4.52. The molecule has 82 valence electrons. The van der Waals surface area contributed by atoms with E-state index in [0.717, 1.165) is 12.1 Å². The monoisotopic (exact) mass is 205 g/mol. The van der Waals surface area contributed by atoms with E-state index in [9.17, 15) is 0 Å². The molecular weight excluding hydrogens is 186 g/mol. The molecule has 3 heteroatoms. The Morgan fingerprint density at radius 3 is 2.67 bits per heavy atom. The van der Waals surface area contributed by atoms with Crippen molar-refractivity contribution in [1.82, 2.24) is 9.97 Å². The molecule has 1 aliphatic rings.